The maximum atomic E-state index is 12.3. The Morgan fingerprint density at radius 2 is 1.87 bits per heavy atom. The molecule has 2 rings (SSSR count). The molecule has 0 spiro atoms. The Bertz CT molecular complexity index is 695. The Morgan fingerprint density at radius 3 is 2.52 bits per heavy atom. The first-order valence-electron chi connectivity index (χ1n) is 7.70. The number of amides is 1. The molecule has 0 saturated heterocycles. The normalized spacial score (nSPS) is 10.3. The quantitative estimate of drug-likeness (QED) is 0.885. The fourth-order valence-electron chi connectivity index (χ4n) is 2.41. The molecule has 0 aliphatic heterocycles. The van der Waals surface area contributed by atoms with Gasteiger partial charge in [0.05, 0.1) is 13.7 Å². The zero-order chi connectivity index (χ0) is 16.8. The molecule has 122 valence electrons. The Balaban J connectivity index is 2.08. The third-order valence-electron chi connectivity index (χ3n) is 3.66. The molecule has 4 nitrogen and oxygen atoms in total. The fourth-order valence-corrected chi connectivity index (χ4v) is 2.41. The molecule has 0 heterocycles. The van der Waals surface area contributed by atoms with Gasteiger partial charge in [0.1, 0.15) is 0 Å². The number of nitrogens with one attached hydrogen (secondary N) is 1. The van der Waals surface area contributed by atoms with Gasteiger partial charge in [0, 0.05) is 12.1 Å². The maximum absolute atomic E-state index is 12.3. The molecule has 23 heavy (non-hydrogen) atoms. The summed E-state index contributed by atoms with van der Waals surface area (Å²) < 4.78 is 10.7. The highest BCUT2D eigenvalue weighted by Crippen LogP contribution is 2.28. The zero-order valence-corrected chi connectivity index (χ0v) is 14.1. The Hall–Kier alpha value is -2.49. The zero-order valence-electron chi connectivity index (χ0n) is 14.1. The van der Waals surface area contributed by atoms with E-state index in [4.69, 9.17) is 9.47 Å². The van der Waals surface area contributed by atoms with Crippen LogP contribution in [0.15, 0.2) is 36.4 Å². The molecule has 1 N–H and O–H groups in total. The molecular formula is C19H23NO3. The van der Waals surface area contributed by atoms with E-state index in [9.17, 15) is 4.79 Å². The second-order valence-electron chi connectivity index (χ2n) is 5.41. The summed E-state index contributed by atoms with van der Waals surface area (Å²) in [5.74, 6) is 1.07. The Labute approximate surface area is 137 Å². The number of carbonyl (C=O) groups is 1. The number of benzene rings is 2. The van der Waals surface area contributed by atoms with Crippen molar-refractivity contribution in [1.29, 1.82) is 0 Å². The summed E-state index contributed by atoms with van der Waals surface area (Å²) in [5, 5.41) is 2.94. The van der Waals surface area contributed by atoms with E-state index in [1.54, 1.807) is 25.3 Å². The summed E-state index contributed by atoms with van der Waals surface area (Å²) in [6.07, 6.45) is 0. The summed E-state index contributed by atoms with van der Waals surface area (Å²) in [6, 6.07) is 11.4. The standard InChI is InChI=1S/C19H23NO3/c1-5-23-17-9-8-15(11-18(17)22-4)19(21)20-12-16-7-6-13(2)10-14(16)3/h6-11H,5,12H2,1-4H3,(H,20,21). The Kier molecular flexibility index (Phi) is 5.63. The number of hydrogen-bond acceptors (Lipinski definition) is 3. The molecule has 0 aliphatic carbocycles. The van der Waals surface area contributed by atoms with Gasteiger partial charge in [-0.1, -0.05) is 23.8 Å². The van der Waals surface area contributed by atoms with Crippen molar-refractivity contribution in [2.24, 2.45) is 0 Å². The third kappa shape index (κ3) is 4.25. The number of carbonyl (C=O) groups excluding carboxylic acids is 1. The second kappa shape index (κ2) is 7.68. The van der Waals surface area contributed by atoms with Crippen LogP contribution in [0.5, 0.6) is 11.5 Å². The van der Waals surface area contributed by atoms with Gasteiger partial charge in [0.25, 0.3) is 5.91 Å². The summed E-state index contributed by atoms with van der Waals surface area (Å²) in [5.41, 5.74) is 4.06. The lowest BCUT2D eigenvalue weighted by Gasteiger charge is -2.12. The van der Waals surface area contributed by atoms with E-state index >= 15 is 0 Å². The topological polar surface area (TPSA) is 47.6 Å². The first-order chi connectivity index (χ1) is 11.0. The fraction of sp³-hybridized carbons (Fsp3) is 0.316. The Morgan fingerprint density at radius 1 is 1.09 bits per heavy atom. The van der Waals surface area contributed by atoms with E-state index in [2.05, 4.69) is 18.3 Å². The smallest absolute Gasteiger partial charge is 0.251 e. The molecule has 4 heteroatoms. The minimum Gasteiger partial charge on any atom is -0.493 e. The van der Waals surface area contributed by atoms with Crippen LogP contribution in [-0.4, -0.2) is 19.6 Å². The van der Waals surface area contributed by atoms with Gasteiger partial charge < -0.3 is 14.8 Å². The second-order valence-corrected chi connectivity index (χ2v) is 5.41. The lowest BCUT2D eigenvalue weighted by atomic mass is 10.1. The van der Waals surface area contributed by atoms with Crippen molar-refractivity contribution in [2.75, 3.05) is 13.7 Å². The molecule has 0 saturated carbocycles. The maximum Gasteiger partial charge on any atom is 0.251 e. The van der Waals surface area contributed by atoms with E-state index in [1.165, 1.54) is 11.1 Å². The number of ether oxygens (including phenoxy) is 2. The van der Waals surface area contributed by atoms with Crippen molar-refractivity contribution in [3.63, 3.8) is 0 Å². The van der Waals surface area contributed by atoms with Gasteiger partial charge in [0.15, 0.2) is 11.5 Å². The lowest BCUT2D eigenvalue weighted by Crippen LogP contribution is -2.23. The van der Waals surface area contributed by atoms with E-state index in [0.29, 0.717) is 30.2 Å². The van der Waals surface area contributed by atoms with Gasteiger partial charge in [-0.15, -0.1) is 0 Å². The minimum atomic E-state index is -0.133. The largest absolute Gasteiger partial charge is 0.493 e. The number of rotatable bonds is 6. The average Bonchev–Trinajstić information content (AvgIpc) is 2.54. The summed E-state index contributed by atoms with van der Waals surface area (Å²) in [7, 11) is 1.56. The first kappa shape index (κ1) is 16.9. The molecule has 0 fully saturated rings. The summed E-state index contributed by atoms with van der Waals surface area (Å²) in [6.45, 7) is 7.06. The van der Waals surface area contributed by atoms with Crippen molar-refractivity contribution >= 4 is 5.91 Å². The van der Waals surface area contributed by atoms with Crippen LogP contribution in [0.25, 0.3) is 0 Å². The van der Waals surface area contributed by atoms with E-state index in [-0.39, 0.29) is 5.91 Å². The molecule has 1 amide bonds. The van der Waals surface area contributed by atoms with E-state index in [0.717, 1.165) is 5.56 Å². The van der Waals surface area contributed by atoms with Gasteiger partial charge in [-0.05, 0) is 50.1 Å². The molecule has 0 radical (unpaired) electrons. The van der Waals surface area contributed by atoms with Crippen molar-refractivity contribution in [3.8, 4) is 11.5 Å². The highest BCUT2D eigenvalue weighted by Gasteiger charge is 2.11. The summed E-state index contributed by atoms with van der Waals surface area (Å²) in [4.78, 5) is 12.3. The molecular weight excluding hydrogens is 290 g/mol. The minimum absolute atomic E-state index is 0.133. The predicted molar refractivity (Wildman–Crippen MR) is 91.2 cm³/mol. The monoisotopic (exact) mass is 313 g/mol. The van der Waals surface area contributed by atoms with Gasteiger partial charge in [-0.3, -0.25) is 4.79 Å². The molecule has 2 aromatic carbocycles. The van der Waals surface area contributed by atoms with Crippen LogP contribution in [0.4, 0.5) is 0 Å². The van der Waals surface area contributed by atoms with Gasteiger partial charge in [-0.25, -0.2) is 0 Å². The lowest BCUT2D eigenvalue weighted by molar-refractivity contribution is 0.0950. The van der Waals surface area contributed by atoms with Gasteiger partial charge in [0.2, 0.25) is 0 Å². The van der Waals surface area contributed by atoms with Crippen molar-refractivity contribution < 1.29 is 14.3 Å². The van der Waals surface area contributed by atoms with Crippen LogP contribution < -0.4 is 14.8 Å². The average molecular weight is 313 g/mol. The van der Waals surface area contributed by atoms with E-state index < -0.39 is 0 Å². The molecule has 0 atom stereocenters. The molecule has 2 aromatic rings. The predicted octanol–water partition coefficient (Wildman–Crippen LogP) is 3.64. The van der Waals surface area contributed by atoms with Crippen molar-refractivity contribution in [1.82, 2.24) is 5.32 Å². The summed E-state index contributed by atoms with van der Waals surface area (Å²) >= 11 is 0. The van der Waals surface area contributed by atoms with Gasteiger partial charge in [-0.2, -0.15) is 0 Å². The van der Waals surface area contributed by atoms with Crippen molar-refractivity contribution in [2.45, 2.75) is 27.3 Å². The molecule has 0 unspecified atom stereocenters. The third-order valence-corrected chi connectivity index (χ3v) is 3.66. The van der Waals surface area contributed by atoms with Crippen LogP contribution in [0.3, 0.4) is 0 Å². The van der Waals surface area contributed by atoms with Crippen LogP contribution in [0.2, 0.25) is 0 Å². The van der Waals surface area contributed by atoms with Crippen LogP contribution in [0, 0.1) is 13.8 Å². The number of methoxy groups -OCH3 is 1. The van der Waals surface area contributed by atoms with Gasteiger partial charge >= 0.3 is 0 Å². The first-order valence-corrected chi connectivity index (χ1v) is 7.70. The van der Waals surface area contributed by atoms with Crippen molar-refractivity contribution in [3.05, 3.63) is 58.7 Å². The molecule has 0 aromatic heterocycles. The molecule has 0 aliphatic rings. The van der Waals surface area contributed by atoms with E-state index in [1.807, 2.05) is 26.0 Å². The SMILES string of the molecule is CCOc1ccc(C(=O)NCc2ccc(C)cc2C)cc1OC. The van der Waals surface area contributed by atoms with Crippen LogP contribution in [-0.2, 0) is 6.54 Å². The van der Waals surface area contributed by atoms with Crippen LogP contribution >= 0.6 is 0 Å². The number of aryl methyl sites for hydroxylation is 2. The van der Waals surface area contributed by atoms with Crippen LogP contribution in [0.1, 0.15) is 34.0 Å². The highest BCUT2D eigenvalue weighted by atomic mass is 16.5. The molecule has 0 bridgehead atoms. The number of hydrogen-bond donors (Lipinski definition) is 1. The highest BCUT2D eigenvalue weighted by molar-refractivity contribution is 5.94.